The van der Waals surface area contributed by atoms with Crippen LogP contribution >= 0.6 is 0 Å². The fourth-order valence-electron chi connectivity index (χ4n) is 3.74. The van der Waals surface area contributed by atoms with Crippen molar-refractivity contribution < 1.29 is 14.6 Å². The van der Waals surface area contributed by atoms with Crippen molar-refractivity contribution in [3.63, 3.8) is 0 Å². The van der Waals surface area contributed by atoms with Crippen molar-refractivity contribution in [3.8, 4) is 0 Å². The molecule has 2 N–H and O–H groups in total. The van der Waals surface area contributed by atoms with E-state index in [0.717, 1.165) is 24.1 Å². The summed E-state index contributed by atoms with van der Waals surface area (Å²) < 4.78 is 5.92. The molecule has 0 bridgehead atoms. The molecule has 2 fully saturated rings. The Morgan fingerprint density at radius 3 is 2.44 bits per heavy atom. The zero-order chi connectivity index (χ0) is 17.6. The molecule has 1 unspecified atom stereocenters. The van der Waals surface area contributed by atoms with Crippen LogP contribution in [0.3, 0.4) is 0 Å². The Kier molecular flexibility index (Phi) is 6.32. The molecule has 5 nitrogen and oxygen atoms in total. The summed E-state index contributed by atoms with van der Waals surface area (Å²) in [4.78, 5) is 14.2. The third-order valence-corrected chi connectivity index (χ3v) is 5.50. The third kappa shape index (κ3) is 5.19. The number of nitrogens with zero attached hydrogens (tertiary/aromatic N) is 1. The summed E-state index contributed by atoms with van der Waals surface area (Å²) in [6.07, 6.45) is 6.78. The number of aliphatic hydroxyl groups is 1. The van der Waals surface area contributed by atoms with Crippen molar-refractivity contribution in [2.24, 2.45) is 5.92 Å². The number of nitrogens with one attached hydrogen (secondary N) is 1. The summed E-state index contributed by atoms with van der Waals surface area (Å²) in [6.45, 7) is 3.88. The van der Waals surface area contributed by atoms with Crippen LogP contribution in [0, 0.1) is 5.92 Å². The van der Waals surface area contributed by atoms with Gasteiger partial charge in [-0.15, -0.1) is 0 Å². The van der Waals surface area contributed by atoms with E-state index in [0.29, 0.717) is 31.7 Å². The topological polar surface area (TPSA) is 61.8 Å². The molecule has 1 aromatic carbocycles. The molecule has 2 aliphatic rings. The minimum atomic E-state index is -0.288. The molecule has 0 radical (unpaired) electrons. The number of urea groups is 1. The first kappa shape index (κ1) is 18.2. The molecular formula is C20H30N2O3. The Balaban J connectivity index is 1.44. The van der Waals surface area contributed by atoms with Gasteiger partial charge in [-0.2, -0.15) is 0 Å². The first-order valence-corrected chi connectivity index (χ1v) is 9.56. The van der Waals surface area contributed by atoms with Gasteiger partial charge in [0.2, 0.25) is 0 Å². The van der Waals surface area contributed by atoms with Gasteiger partial charge in [-0.05, 0) is 56.2 Å². The van der Waals surface area contributed by atoms with Gasteiger partial charge in [-0.1, -0.05) is 25.0 Å². The fraction of sp³-hybridized carbons (Fsp3) is 0.650. The average molecular weight is 346 g/mol. The number of ether oxygens (including phenoxy) is 1. The van der Waals surface area contributed by atoms with Gasteiger partial charge in [0.15, 0.2) is 0 Å². The maximum atomic E-state index is 12.4. The highest BCUT2D eigenvalue weighted by Gasteiger charge is 2.25. The van der Waals surface area contributed by atoms with E-state index in [2.05, 4.69) is 5.32 Å². The Bertz CT molecular complexity index is 545. The maximum absolute atomic E-state index is 12.4. The molecule has 25 heavy (non-hydrogen) atoms. The molecule has 3 rings (SSSR count). The van der Waals surface area contributed by atoms with Crippen LogP contribution < -0.4 is 5.32 Å². The summed E-state index contributed by atoms with van der Waals surface area (Å²) in [7, 11) is 0. The predicted octanol–water partition coefficient (Wildman–Crippen LogP) is 3.77. The number of carbonyl (C=O) groups excluding carboxylic acids is 1. The van der Waals surface area contributed by atoms with Gasteiger partial charge < -0.3 is 20.1 Å². The Labute approximate surface area is 150 Å². The minimum absolute atomic E-state index is 0.0565. The average Bonchev–Trinajstić information content (AvgIpc) is 3.15. The minimum Gasteiger partial charge on any atom is -0.393 e. The van der Waals surface area contributed by atoms with E-state index in [1.54, 1.807) is 0 Å². The standard InChI is InChI=1S/C20H30N2O3/c1-15(23)17-10-12-22(13-11-17)20(24)21-18-8-6-16(7-9-18)14-25-19-4-2-3-5-19/h6-9,15,17,19,23H,2-5,10-14H2,1H3,(H,21,24). The van der Waals surface area contributed by atoms with Crippen molar-refractivity contribution >= 4 is 11.7 Å². The summed E-state index contributed by atoms with van der Waals surface area (Å²) in [5, 5.41) is 12.6. The number of carbonyl (C=O) groups is 1. The van der Waals surface area contributed by atoms with Gasteiger partial charge in [0.1, 0.15) is 0 Å². The van der Waals surface area contributed by atoms with E-state index < -0.39 is 0 Å². The zero-order valence-electron chi connectivity index (χ0n) is 15.1. The van der Waals surface area contributed by atoms with E-state index in [1.165, 1.54) is 25.7 Å². The predicted molar refractivity (Wildman–Crippen MR) is 98.5 cm³/mol. The number of piperidine rings is 1. The fourth-order valence-corrected chi connectivity index (χ4v) is 3.74. The molecule has 5 heteroatoms. The van der Waals surface area contributed by atoms with Gasteiger partial charge in [-0.25, -0.2) is 4.79 Å². The smallest absolute Gasteiger partial charge is 0.321 e. The number of anilines is 1. The van der Waals surface area contributed by atoms with Crippen molar-refractivity contribution in [3.05, 3.63) is 29.8 Å². The molecule has 1 saturated heterocycles. The Hall–Kier alpha value is -1.59. The van der Waals surface area contributed by atoms with Crippen LogP contribution in [0.2, 0.25) is 0 Å². The maximum Gasteiger partial charge on any atom is 0.321 e. The number of hydrogen-bond acceptors (Lipinski definition) is 3. The second kappa shape index (κ2) is 8.68. The van der Waals surface area contributed by atoms with E-state index in [9.17, 15) is 9.90 Å². The van der Waals surface area contributed by atoms with Crippen LogP contribution in [0.1, 0.15) is 51.0 Å². The summed E-state index contributed by atoms with van der Waals surface area (Å²) in [5.41, 5.74) is 1.95. The van der Waals surface area contributed by atoms with Crippen LogP contribution in [0.25, 0.3) is 0 Å². The number of rotatable bonds is 5. The lowest BCUT2D eigenvalue weighted by Crippen LogP contribution is -2.42. The van der Waals surface area contributed by atoms with Crippen LogP contribution in [-0.2, 0) is 11.3 Å². The molecule has 1 atom stereocenters. The van der Waals surface area contributed by atoms with Gasteiger partial charge in [0.05, 0.1) is 18.8 Å². The normalized spacial score (nSPS) is 20.6. The lowest BCUT2D eigenvalue weighted by molar-refractivity contribution is 0.0457. The van der Waals surface area contributed by atoms with E-state index in [1.807, 2.05) is 36.1 Å². The third-order valence-electron chi connectivity index (χ3n) is 5.50. The highest BCUT2D eigenvalue weighted by molar-refractivity contribution is 5.89. The molecule has 2 amide bonds. The van der Waals surface area contributed by atoms with Gasteiger partial charge in [0, 0.05) is 18.8 Å². The second-order valence-corrected chi connectivity index (χ2v) is 7.41. The first-order valence-electron chi connectivity index (χ1n) is 9.56. The van der Waals surface area contributed by atoms with E-state index >= 15 is 0 Å². The van der Waals surface area contributed by atoms with E-state index in [-0.39, 0.29) is 12.1 Å². The summed E-state index contributed by atoms with van der Waals surface area (Å²) in [6, 6.07) is 7.86. The zero-order valence-corrected chi connectivity index (χ0v) is 15.1. The molecule has 1 saturated carbocycles. The lowest BCUT2D eigenvalue weighted by Gasteiger charge is -2.33. The molecular weight excluding hydrogens is 316 g/mol. The lowest BCUT2D eigenvalue weighted by atomic mass is 9.92. The molecule has 1 aliphatic heterocycles. The van der Waals surface area contributed by atoms with Gasteiger partial charge in [-0.3, -0.25) is 0 Å². The quantitative estimate of drug-likeness (QED) is 0.853. The van der Waals surface area contributed by atoms with Crippen LogP contribution in [0.4, 0.5) is 10.5 Å². The van der Waals surface area contributed by atoms with Crippen LogP contribution in [0.15, 0.2) is 24.3 Å². The van der Waals surface area contributed by atoms with Crippen molar-refractivity contribution in [1.82, 2.24) is 4.90 Å². The number of benzene rings is 1. The van der Waals surface area contributed by atoms with Crippen molar-refractivity contribution in [1.29, 1.82) is 0 Å². The molecule has 0 aromatic heterocycles. The van der Waals surface area contributed by atoms with Gasteiger partial charge in [0.25, 0.3) is 0 Å². The highest BCUT2D eigenvalue weighted by Crippen LogP contribution is 2.23. The largest absolute Gasteiger partial charge is 0.393 e. The number of amides is 2. The molecule has 1 aliphatic carbocycles. The molecule has 1 aromatic rings. The molecule has 1 heterocycles. The summed E-state index contributed by atoms with van der Waals surface area (Å²) >= 11 is 0. The number of aliphatic hydroxyl groups excluding tert-OH is 1. The molecule has 0 spiro atoms. The highest BCUT2D eigenvalue weighted by atomic mass is 16.5. The SMILES string of the molecule is CC(O)C1CCN(C(=O)Nc2ccc(COC3CCCC3)cc2)CC1. The summed E-state index contributed by atoms with van der Waals surface area (Å²) in [5.74, 6) is 0.309. The van der Waals surface area contributed by atoms with Gasteiger partial charge >= 0.3 is 6.03 Å². The molecule has 138 valence electrons. The first-order chi connectivity index (χ1) is 12.1. The van der Waals surface area contributed by atoms with Crippen LogP contribution in [0.5, 0.6) is 0 Å². The number of likely N-dealkylation sites (tertiary alicyclic amines) is 1. The monoisotopic (exact) mass is 346 g/mol. The van der Waals surface area contributed by atoms with Crippen molar-refractivity contribution in [2.45, 2.75) is 64.3 Å². The Morgan fingerprint density at radius 2 is 1.84 bits per heavy atom. The van der Waals surface area contributed by atoms with E-state index in [4.69, 9.17) is 4.74 Å². The second-order valence-electron chi connectivity index (χ2n) is 7.41. The van der Waals surface area contributed by atoms with Crippen molar-refractivity contribution in [2.75, 3.05) is 18.4 Å². The van der Waals surface area contributed by atoms with Crippen LogP contribution in [-0.4, -0.2) is 41.3 Å². The number of hydrogen-bond donors (Lipinski definition) is 2. The Morgan fingerprint density at radius 1 is 1.20 bits per heavy atom.